The van der Waals surface area contributed by atoms with Crippen LogP contribution in [0.1, 0.15) is 16.7 Å². The molecular formula is C34H36N6O6S. The van der Waals surface area contributed by atoms with Crippen molar-refractivity contribution < 1.29 is 29.4 Å². The highest BCUT2D eigenvalue weighted by molar-refractivity contribution is 7.80. The Balaban J connectivity index is 1.31. The first-order valence-corrected chi connectivity index (χ1v) is 15.6. The Kier molecular flexibility index (Phi) is 10.5. The second kappa shape index (κ2) is 14.9. The Morgan fingerprint density at radius 3 is 1.77 bits per heavy atom. The van der Waals surface area contributed by atoms with Crippen LogP contribution < -0.4 is 21.7 Å². The summed E-state index contributed by atoms with van der Waals surface area (Å²) in [7, 11) is 0. The number of carbonyl (C=O) groups excluding carboxylic acids is 3. The van der Waals surface area contributed by atoms with E-state index in [2.05, 4.69) is 38.5 Å². The molecule has 0 radical (unpaired) electrons. The van der Waals surface area contributed by atoms with E-state index in [9.17, 15) is 29.4 Å². The fraction of sp³-hybridized carbons (Fsp3) is 0.235. The number of aromatic nitrogens is 2. The van der Waals surface area contributed by atoms with Crippen LogP contribution >= 0.6 is 12.6 Å². The second-order valence-electron chi connectivity index (χ2n) is 11.3. The standard InChI is InChI=1S/C34H36N6O6S/c35-25(14-20-16-36-26-7-3-1-5-23(20)26)31(42)38-28(15-21-17-37-27-8-4-2-6-24(21)27)32(43)40-30(18-47)33(44)39-29(34(45)46)13-19-9-11-22(41)12-10-19/h1-12,16-17,25,28-30,36-37,41,47H,13-15,18,35H2,(H,38,42)(H,39,44)(H,40,43)(H,45,46). The molecule has 0 bridgehead atoms. The predicted octanol–water partition coefficient (Wildman–Crippen LogP) is 2.18. The van der Waals surface area contributed by atoms with Gasteiger partial charge in [0.15, 0.2) is 0 Å². The molecule has 12 nitrogen and oxygen atoms in total. The number of rotatable bonds is 14. The number of carboxylic acid groups (broad SMARTS) is 1. The number of hydrogen-bond acceptors (Lipinski definition) is 7. The molecule has 5 aromatic rings. The molecule has 0 aliphatic carbocycles. The Hall–Kier alpha value is -5.27. The fourth-order valence-corrected chi connectivity index (χ4v) is 5.70. The van der Waals surface area contributed by atoms with Gasteiger partial charge < -0.3 is 41.9 Å². The number of hydrogen-bond donors (Lipinski definition) is 9. The lowest BCUT2D eigenvalue weighted by molar-refractivity contribution is -0.142. The normalized spacial score (nSPS) is 13.8. The molecule has 4 unspecified atom stereocenters. The van der Waals surface area contributed by atoms with E-state index in [1.54, 1.807) is 24.5 Å². The lowest BCUT2D eigenvalue weighted by Crippen LogP contribution is -2.58. The van der Waals surface area contributed by atoms with Crippen molar-refractivity contribution in [3.63, 3.8) is 0 Å². The van der Waals surface area contributed by atoms with Gasteiger partial charge in [-0.1, -0.05) is 48.5 Å². The van der Waals surface area contributed by atoms with Crippen LogP contribution in [0.5, 0.6) is 5.75 Å². The van der Waals surface area contributed by atoms with Crippen LogP contribution in [0.2, 0.25) is 0 Å². The highest BCUT2D eigenvalue weighted by atomic mass is 32.1. The van der Waals surface area contributed by atoms with Crippen LogP contribution in [0.3, 0.4) is 0 Å². The molecular weight excluding hydrogens is 620 g/mol. The summed E-state index contributed by atoms with van der Waals surface area (Å²) in [6.07, 6.45) is 3.81. The number of phenolic OH excluding ortho intramolecular Hbond substituents is 1. The molecule has 0 aliphatic rings. The molecule has 13 heteroatoms. The number of benzene rings is 3. The largest absolute Gasteiger partial charge is 0.508 e. The maximum Gasteiger partial charge on any atom is 0.326 e. The number of carbonyl (C=O) groups is 4. The molecule has 9 N–H and O–H groups in total. The van der Waals surface area contributed by atoms with Gasteiger partial charge in [0.1, 0.15) is 23.9 Å². The Labute approximate surface area is 275 Å². The van der Waals surface area contributed by atoms with E-state index in [-0.39, 0.29) is 30.8 Å². The lowest BCUT2D eigenvalue weighted by atomic mass is 10.0. The van der Waals surface area contributed by atoms with E-state index < -0.39 is 47.9 Å². The number of fused-ring (bicyclic) bond motifs is 2. The monoisotopic (exact) mass is 656 g/mol. The number of aromatic amines is 2. The van der Waals surface area contributed by atoms with E-state index in [0.717, 1.165) is 32.9 Å². The minimum atomic E-state index is -1.31. The summed E-state index contributed by atoms with van der Waals surface area (Å²) in [6, 6.07) is 16.5. The summed E-state index contributed by atoms with van der Waals surface area (Å²) >= 11 is 4.24. The quantitative estimate of drug-likeness (QED) is 0.0815. The molecule has 0 aliphatic heterocycles. The number of aliphatic carboxylic acids is 1. The average molecular weight is 657 g/mol. The number of amides is 3. The molecule has 4 atom stereocenters. The van der Waals surface area contributed by atoms with E-state index in [1.165, 1.54) is 12.1 Å². The molecule has 0 saturated carbocycles. The Morgan fingerprint density at radius 1 is 0.681 bits per heavy atom. The van der Waals surface area contributed by atoms with E-state index in [0.29, 0.717) is 5.56 Å². The van der Waals surface area contributed by atoms with Gasteiger partial charge in [0.25, 0.3) is 0 Å². The summed E-state index contributed by atoms with van der Waals surface area (Å²) in [5.74, 6) is -3.37. The van der Waals surface area contributed by atoms with Crippen molar-refractivity contribution in [1.82, 2.24) is 25.9 Å². The molecule has 244 valence electrons. The summed E-state index contributed by atoms with van der Waals surface area (Å²) < 4.78 is 0. The molecule has 0 saturated heterocycles. The molecule has 2 aromatic heterocycles. The van der Waals surface area contributed by atoms with Crippen LogP contribution in [-0.4, -0.2) is 73.8 Å². The Bertz CT molecular complexity index is 1890. The third kappa shape index (κ3) is 8.12. The Morgan fingerprint density at radius 2 is 1.19 bits per heavy atom. The minimum absolute atomic E-state index is 0.0238. The van der Waals surface area contributed by atoms with Crippen molar-refractivity contribution in [2.75, 3.05) is 5.75 Å². The van der Waals surface area contributed by atoms with Gasteiger partial charge in [-0.25, -0.2) is 4.79 Å². The van der Waals surface area contributed by atoms with Crippen molar-refractivity contribution in [3.05, 3.63) is 102 Å². The number of aromatic hydroxyl groups is 1. The van der Waals surface area contributed by atoms with Crippen LogP contribution in [0.15, 0.2) is 85.2 Å². The summed E-state index contributed by atoms with van der Waals surface area (Å²) in [6.45, 7) is 0. The molecule has 3 amide bonds. The van der Waals surface area contributed by atoms with Crippen LogP contribution in [0, 0.1) is 0 Å². The number of carboxylic acids is 1. The topological polar surface area (TPSA) is 202 Å². The molecule has 0 spiro atoms. The third-order valence-corrected chi connectivity index (χ3v) is 8.35. The first kappa shape index (κ1) is 33.1. The molecule has 47 heavy (non-hydrogen) atoms. The van der Waals surface area contributed by atoms with Crippen LogP contribution in [-0.2, 0) is 38.4 Å². The van der Waals surface area contributed by atoms with Gasteiger partial charge in [-0.3, -0.25) is 14.4 Å². The summed E-state index contributed by atoms with van der Waals surface area (Å²) in [4.78, 5) is 58.6. The predicted molar refractivity (Wildman–Crippen MR) is 181 cm³/mol. The van der Waals surface area contributed by atoms with Gasteiger partial charge in [0.2, 0.25) is 17.7 Å². The van der Waals surface area contributed by atoms with Gasteiger partial charge in [-0.15, -0.1) is 0 Å². The van der Waals surface area contributed by atoms with Crippen molar-refractivity contribution in [2.45, 2.75) is 43.4 Å². The lowest BCUT2D eigenvalue weighted by Gasteiger charge is -2.24. The second-order valence-corrected chi connectivity index (χ2v) is 11.7. The highest BCUT2D eigenvalue weighted by Crippen LogP contribution is 2.21. The van der Waals surface area contributed by atoms with Crippen molar-refractivity contribution >= 4 is 58.1 Å². The van der Waals surface area contributed by atoms with Gasteiger partial charge >= 0.3 is 5.97 Å². The molecule has 3 aromatic carbocycles. The maximum atomic E-state index is 13.7. The van der Waals surface area contributed by atoms with Gasteiger partial charge in [-0.05, 0) is 47.4 Å². The zero-order valence-corrected chi connectivity index (χ0v) is 26.2. The van der Waals surface area contributed by atoms with E-state index in [4.69, 9.17) is 5.73 Å². The van der Waals surface area contributed by atoms with Crippen molar-refractivity contribution in [2.24, 2.45) is 5.73 Å². The number of phenols is 1. The smallest absolute Gasteiger partial charge is 0.326 e. The number of nitrogens with two attached hydrogens (primary N) is 1. The van der Waals surface area contributed by atoms with Crippen LogP contribution in [0.25, 0.3) is 21.8 Å². The van der Waals surface area contributed by atoms with Gasteiger partial charge in [0, 0.05) is 52.8 Å². The van der Waals surface area contributed by atoms with Gasteiger partial charge in [-0.2, -0.15) is 12.6 Å². The maximum absolute atomic E-state index is 13.7. The minimum Gasteiger partial charge on any atom is -0.508 e. The number of para-hydroxylation sites is 2. The first-order valence-electron chi connectivity index (χ1n) is 15.0. The zero-order chi connectivity index (χ0) is 33.5. The number of thiol groups is 1. The van der Waals surface area contributed by atoms with Gasteiger partial charge in [0.05, 0.1) is 6.04 Å². The molecule has 0 fully saturated rings. The van der Waals surface area contributed by atoms with E-state index in [1.807, 2.05) is 48.5 Å². The number of nitrogens with one attached hydrogen (secondary N) is 5. The van der Waals surface area contributed by atoms with E-state index >= 15 is 0 Å². The fourth-order valence-electron chi connectivity index (χ4n) is 5.45. The molecule has 2 heterocycles. The summed E-state index contributed by atoms with van der Waals surface area (Å²) in [5, 5.41) is 29.0. The van der Waals surface area contributed by atoms with Crippen LogP contribution in [0.4, 0.5) is 0 Å². The molecule has 5 rings (SSSR count). The number of H-pyrrole nitrogens is 2. The zero-order valence-electron chi connectivity index (χ0n) is 25.3. The third-order valence-electron chi connectivity index (χ3n) is 7.99. The highest BCUT2D eigenvalue weighted by Gasteiger charge is 2.31. The van der Waals surface area contributed by atoms with Crippen molar-refractivity contribution in [3.8, 4) is 5.75 Å². The van der Waals surface area contributed by atoms with Crippen molar-refractivity contribution in [1.29, 1.82) is 0 Å². The SMILES string of the molecule is NC(Cc1c[nH]c2ccccc12)C(=O)NC(Cc1c[nH]c2ccccc12)C(=O)NC(CS)C(=O)NC(Cc1ccc(O)cc1)C(=O)O. The first-order chi connectivity index (χ1) is 22.6. The summed E-state index contributed by atoms with van der Waals surface area (Å²) in [5.41, 5.74) is 10.3. The average Bonchev–Trinajstić information content (AvgIpc) is 3.67.